The van der Waals surface area contributed by atoms with Crippen LogP contribution in [0.1, 0.15) is 26.7 Å². The number of benzene rings is 1. The minimum atomic E-state index is -0.414. The van der Waals surface area contributed by atoms with Crippen molar-refractivity contribution in [2.24, 2.45) is 0 Å². The molecule has 102 valence electrons. The fraction of sp³-hybridized carbons (Fsp3) is 0.571. The van der Waals surface area contributed by atoms with Gasteiger partial charge in [-0.1, -0.05) is 13.8 Å². The Bertz CT molecular complexity index is 327. The quantitative estimate of drug-likeness (QED) is 0.692. The van der Waals surface area contributed by atoms with E-state index in [0.29, 0.717) is 25.9 Å². The van der Waals surface area contributed by atoms with Crippen LogP contribution in [0.15, 0.2) is 24.3 Å². The maximum atomic E-state index is 9.76. The molecule has 0 aliphatic heterocycles. The molecule has 3 N–H and O–H groups in total. The largest absolute Gasteiger partial charge is 0.508 e. The summed E-state index contributed by atoms with van der Waals surface area (Å²) in [6, 6.07) is 6.80. The zero-order valence-corrected chi connectivity index (χ0v) is 11.1. The van der Waals surface area contributed by atoms with E-state index in [9.17, 15) is 15.3 Å². The van der Waals surface area contributed by atoms with Crippen LogP contribution in [0.5, 0.6) is 5.75 Å². The van der Waals surface area contributed by atoms with E-state index in [2.05, 4.69) is 0 Å². The van der Waals surface area contributed by atoms with E-state index < -0.39 is 12.2 Å². The molecule has 4 nitrogen and oxygen atoms in total. The first-order valence-electron chi connectivity index (χ1n) is 6.46. The topological polar surface area (TPSA) is 63.9 Å². The van der Waals surface area contributed by atoms with Crippen molar-refractivity contribution >= 4 is 5.69 Å². The minimum absolute atomic E-state index is 0.214. The van der Waals surface area contributed by atoms with Crippen LogP contribution in [0.3, 0.4) is 0 Å². The predicted molar refractivity (Wildman–Crippen MR) is 72.9 cm³/mol. The molecule has 0 amide bonds. The SMILES string of the molecule is CCC(O)CN(CC(O)CC)c1ccc(O)cc1. The van der Waals surface area contributed by atoms with Gasteiger partial charge in [0.15, 0.2) is 0 Å². The number of anilines is 1. The lowest BCUT2D eigenvalue weighted by Crippen LogP contribution is -2.37. The summed E-state index contributed by atoms with van der Waals surface area (Å²) in [4.78, 5) is 1.95. The van der Waals surface area contributed by atoms with Crippen molar-refractivity contribution in [1.82, 2.24) is 0 Å². The van der Waals surface area contributed by atoms with E-state index in [4.69, 9.17) is 0 Å². The van der Waals surface area contributed by atoms with Crippen LogP contribution in [0.2, 0.25) is 0 Å². The van der Waals surface area contributed by atoms with Crippen molar-refractivity contribution in [1.29, 1.82) is 0 Å². The highest BCUT2D eigenvalue weighted by atomic mass is 16.3. The van der Waals surface area contributed by atoms with E-state index in [1.165, 1.54) is 0 Å². The monoisotopic (exact) mass is 253 g/mol. The third kappa shape index (κ3) is 4.55. The van der Waals surface area contributed by atoms with Gasteiger partial charge in [-0.25, -0.2) is 0 Å². The van der Waals surface area contributed by atoms with Crippen molar-refractivity contribution in [3.8, 4) is 5.75 Å². The van der Waals surface area contributed by atoms with Gasteiger partial charge >= 0.3 is 0 Å². The average molecular weight is 253 g/mol. The number of aliphatic hydroxyl groups excluding tert-OH is 2. The summed E-state index contributed by atoms with van der Waals surface area (Å²) in [7, 11) is 0. The van der Waals surface area contributed by atoms with Gasteiger partial charge in [-0.3, -0.25) is 0 Å². The van der Waals surface area contributed by atoms with Crippen molar-refractivity contribution < 1.29 is 15.3 Å². The Balaban J connectivity index is 2.78. The standard InChI is InChI=1S/C14H23NO3/c1-3-12(16)9-15(10-13(17)4-2)11-5-7-14(18)8-6-11/h5-8,12-13,16-18H,3-4,9-10H2,1-2H3. The van der Waals surface area contributed by atoms with Crippen LogP contribution in [0.4, 0.5) is 5.69 Å². The Morgan fingerprint density at radius 3 is 1.78 bits per heavy atom. The molecule has 18 heavy (non-hydrogen) atoms. The van der Waals surface area contributed by atoms with Crippen LogP contribution >= 0.6 is 0 Å². The second kappa shape index (κ2) is 7.24. The molecular formula is C14H23NO3. The van der Waals surface area contributed by atoms with Crippen molar-refractivity contribution in [2.45, 2.75) is 38.9 Å². The van der Waals surface area contributed by atoms with E-state index in [-0.39, 0.29) is 5.75 Å². The number of hydrogen-bond acceptors (Lipinski definition) is 4. The number of rotatable bonds is 7. The molecule has 0 aliphatic rings. The van der Waals surface area contributed by atoms with Gasteiger partial charge in [-0.2, -0.15) is 0 Å². The van der Waals surface area contributed by atoms with Crippen molar-refractivity contribution in [3.05, 3.63) is 24.3 Å². The van der Waals surface area contributed by atoms with E-state index in [0.717, 1.165) is 5.69 Å². The molecule has 1 aromatic carbocycles. The summed E-state index contributed by atoms with van der Waals surface area (Å²) in [6.07, 6.45) is 0.527. The highest BCUT2D eigenvalue weighted by molar-refractivity contribution is 5.49. The lowest BCUT2D eigenvalue weighted by molar-refractivity contribution is 0.154. The first kappa shape index (κ1) is 14.8. The third-order valence-electron chi connectivity index (χ3n) is 3.02. The lowest BCUT2D eigenvalue weighted by Gasteiger charge is -2.29. The highest BCUT2D eigenvalue weighted by Crippen LogP contribution is 2.19. The van der Waals surface area contributed by atoms with Crippen LogP contribution in [-0.2, 0) is 0 Å². The van der Waals surface area contributed by atoms with Gasteiger partial charge in [0.2, 0.25) is 0 Å². The summed E-state index contributed by atoms with van der Waals surface area (Å²) in [6.45, 7) is 4.82. The Kier molecular flexibility index (Phi) is 5.95. The van der Waals surface area contributed by atoms with Gasteiger partial charge in [0, 0.05) is 18.8 Å². The molecule has 1 rings (SSSR count). The second-order valence-corrected chi connectivity index (χ2v) is 4.55. The molecule has 2 unspecified atom stereocenters. The highest BCUT2D eigenvalue weighted by Gasteiger charge is 2.14. The lowest BCUT2D eigenvalue weighted by atomic mass is 10.2. The predicted octanol–water partition coefficient (Wildman–Crippen LogP) is 1.74. The Labute approximate surface area is 108 Å². The van der Waals surface area contributed by atoms with Gasteiger partial charge in [0.25, 0.3) is 0 Å². The molecule has 0 fully saturated rings. The van der Waals surface area contributed by atoms with Crippen molar-refractivity contribution in [3.63, 3.8) is 0 Å². The van der Waals surface area contributed by atoms with E-state index in [1.54, 1.807) is 24.3 Å². The molecule has 0 radical (unpaired) electrons. The van der Waals surface area contributed by atoms with Gasteiger partial charge in [0.1, 0.15) is 5.75 Å². The summed E-state index contributed by atoms with van der Waals surface area (Å²) in [5.74, 6) is 0.214. The molecule has 0 heterocycles. The molecule has 4 heteroatoms. The van der Waals surface area contributed by atoms with Crippen LogP contribution in [0, 0.1) is 0 Å². The van der Waals surface area contributed by atoms with Gasteiger partial charge < -0.3 is 20.2 Å². The van der Waals surface area contributed by atoms with E-state index >= 15 is 0 Å². The Hall–Kier alpha value is -1.26. The molecule has 0 aromatic heterocycles. The maximum Gasteiger partial charge on any atom is 0.115 e. The summed E-state index contributed by atoms with van der Waals surface area (Å²) < 4.78 is 0. The average Bonchev–Trinajstić information content (AvgIpc) is 2.38. The second-order valence-electron chi connectivity index (χ2n) is 4.55. The van der Waals surface area contributed by atoms with E-state index in [1.807, 2.05) is 18.7 Å². The smallest absolute Gasteiger partial charge is 0.115 e. The zero-order valence-electron chi connectivity index (χ0n) is 11.1. The molecule has 0 saturated carbocycles. The number of hydrogen-bond donors (Lipinski definition) is 3. The normalized spacial score (nSPS) is 14.2. The van der Waals surface area contributed by atoms with Crippen molar-refractivity contribution in [2.75, 3.05) is 18.0 Å². The number of aliphatic hydroxyl groups is 2. The first-order valence-corrected chi connectivity index (χ1v) is 6.46. The zero-order chi connectivity index (χ0) is 13.5. The molecule has 0 saturated heterocycles. The number of phenols is 1. The molecule has 0 aliphatic carbocycles. The number of phenolic OH excluding ortho intramolecular Hbond substituents is 1. The Morgan fingerprint density at radius 2 is 1.39 bits per heavy atom. The fourth-order valence-corrected chi connectivity index (χ4v) is 1.72. The summed E-state index contributed by atoms with van der Waals surface area (Å²) in [5.41, 5.74) is 0.896. The van der Waals surface area contributed by atoms with Gasteiger partial charge in [0.05, 0.1) is 12.2 Å². The maximum absolute atomic E-state index is 9.76. The molecular weight excluding hydrogens is 230 g/mol. The molecule has 1 aromatic rings. The molecule has 0 spiro atoms. The van der Waals surface area contributed by atoms with Gasteiger partial charge in [-0.15, -0.1) is 0 Å². The Morgan fingerprint density at radius 1 is 0.944 bits per heavy atom. The minimum Gasteiger partial charge on any atom is -0.508 e. The number of nitrogens with zero attached hydrogens (tertiary/aromatic N) is 1. The van der Waals surface area contributed by atoms with Crippen LogP contribution < -0.4 is 4.90 Å². The van der Waals surface area contributed by atoms with Gasteiger partial charge in [-0.05, 0) is 37.1 Å². The van der Waals surface area contributed by atoms with Crippen LogP contribution in [0.25, 0.3) is 0 Å². The summed E-state index contributed by atoms with van der Waals surface area (Å²) in [5, 5.41) is 28.8. The third-order valence-corrected chi connectivity index (χ3v) is 3.02. The van der Waals surface area contributed by atoms with Crippen LogP contribution in [-0.4, -0.2) is 40.6 Å². The summed E-state index contributed by atoms with van der Waals surface area (Å²) >= 11 is 0. The molecule has 2 atom stereocenters. The molecule has 0 bridgehead atoms. The number of aromatic hydroxyl groups is 1. The first-order chi connectivity index (χ1) is 8.56. The fourth-order valence-electron chi connectivity index (χ4n) is 1.72.